The fraction of sp³-hybridized carbons (Fsp3) is 0. The normalized spacial score (nSPS) is 11.7. The molecule has 0 spiro atoms. The van der Waals surface area contributed by atoms with Crippen LogP contribution in [-0.2, 0) is 0 Å². The van der Waals surface area contributed by atoms with Gasteiger partial charge in [-0.1, -0.05) is 52.3 Å². The molecule has 0 aliphatic carbocycles. The molecule has 1 aromatic heterocycles. The zero-order valence-corrected chi connectivity index (χ0v) is 15.4. The molecule has 1 heterocycles. The number of hydrogen-bond donors (Lipinski definition) is 0. The average Bonchev–Trinajstić information content (AvgIpc) is 3.11. The van der Waals surface area contributed by atoms with Crippen LogP contribution in [0.3, 0.4) is 0 Å². The van der Waals surface area contributed by atoms with E-state index in [4.69, 9.17) is 4.42 Å². The third kappa shape index (κ3) is 3.81. The van der Waals surface area contributed by atoms with Crippen LogP contribution in [0.4, 0.5) is 5.69 Å². The van der Waals surface area contributed by atoms with Gasteiger partial charge in [0.2, 0.25) is 5.89 Å². The summed E-state index contributed by atoms with van der Waals surface area (Å²) in [7, 11) is 0. The second-order valence-electron chi connectivity index (χ2n) is 5.73. The Morgan fingerprint density at radius 2 is 1.73 bits per heavy atom. The fourth-order valence-corrected chi connectivity index (χ4v) is 2.82. The molecule has 0 radical (unpaired) electrons. The Hall–Kier alpha value is -2.98. The maximum Gasteiger partial charge on any atom is 0.227 e. The number of rotatable bonds is 4. The Morgan fingerprint density at radius 1 is 0.923 bits per heavy atom. The van der Waals surface area contributed by atoms with E-state index in [1.54, 1.807) is 6.21 Å². The van der Waals surface area contributed by atoms with Gasteiger partial charge in [-0.05, 0) is 54.1 Å². The predicted octanol–water partition coefficient (Wildman–Crippen LogP) is 6.67. The molecule has 0 unspecified atom stereocenters. The third-order valence-electron chi connectivity index (χ3n) is 3.86. The van der Waals surface area contributed by atoms with Crippen molar-refractivity contribution < 1.29 is 4.42 Å². The number of allylic oxidation sites excluding steroid dienone is 1. The summed E-state index contributed by atoms with van der Waals surface area (Å²) in [5.41, 5.74) is 4.49. The van der Waals surface area contributed by atoms with Gasteiger partial charge in [-0.25, -0.2) is 4.98 Å². The van der Waals surface area contributed by atoms with Crippen LogP contribution in [0.2, 0.25) is 0 Å². The molecule has 26 heavy (non-hydrogen) atoms. The number of nitrogens with zero attached hydrogens (tertiary/aromatic N) is 2. The molecule has 3 nitrogen and oxygen atoms in total. The Bertz CT molecular complexity index is 1080. The smallest absolute Gasteiger partial charge is 0.227 e. The van der Waals surface area contributed by atoms with Gasteiger partial charge in [-0.2, -0.15) is 0 Å². The molecular weight excluding hydrogens is 388 g/mol. The van der Waals surface area contributed by atoms with Crippen molar-refractivity contribution >= 4 is 45.0 Å². The first-order chi connectivity index (χ1) is 12.8. The lowest BCUT2D eigenvalue weighted by atomic mass is 10.2. The van der Waals surface area contributed by atoms with Crippen LogP contribution in [0.15, 0.2) is 92.8 Å². The molecule has 4 rings (SSSR count). The second kappa shape index (κ2) is 7.50. The summed E-state index contributed by atoms with van der Waals surface area (Å²) < 4.78 is 6.89. The van der Waals surface area contributed by atoms with Gasteiger partial charge in [-0.15, -0.1) is 0 Å². The number of fused-ring (bicyclic) bond motifs is 1. The van der Waals surface area contributed by atoms with Gasteiger partial charge in [0.1, 0.15) is 5.52 Å². The SMILES string of the molecule is Brc1ccc(/C=C/C=Nc2ccc3oc(-c4ccccc4)nc3c2)cc1. The van der Waals surface area contributed by atoms with Gasteiger partial charge in [0.25, 0.3) is 0 Å². The number of aliphatic imine (C=N–C) groups is 1. The van der Waals surface area contributed by atoms with Gasteiger partial charge in [0.15, 0.2) is 5.58 Å². The summed E-state index contributed by atoms with van der Waals surface area (Å²) in [6.07, 6.45) is 5.71. The Balaban J connectivity index is 1.52. The molecule has 3 aromatic carbocycles. The van der Waals surface area contributed by atoms with E-state index in [1.807, 2.05) is 84.9 Å². The van der Waals surface area contributed by atoms with Crippen molar-refractivity contribution in [2.45, 2.75) is 0 Å². The average molecular weight is 403 g/mol. The number of hydrogen-bond acceptors (Lipinski definition) is 3. The molecule has 0 aliphatic rings. The number of oxazole rings is 1. The van der Waals surface area contributed by atoms with E-state index < -0.39 is 0 Å². The molecule has 0 saturated heterocycles. The first-order valence-corrected chi connectivity index (χ1v) is 8.99. The van der Waals surface area contributed by atoms with Crippen LogP contribution in [-0.4, -0.2) is 11.2 Å². The Kier molecular flexibility index (Phi) is 4.75. The quantitative estimate of drug-likeness (QED) is 0.357. The molecule has 0 N–H and O–H groups in total. The maximum absolute atomic E-state index is 5.82. The molecule has 0 atom stereocenters. The molecule has 0 aliphatic heterocycles. The van der Waals surface area contributed by atoms with Crippen molar-refractivity contribution in [1.82, 2.24) is 4.98 Å². The van der Waals surface area contributed by atoms with Crippen molar-refractivity contribution in [3.63, 3.8) is 0 Å². The molecule has 4 heteroatoms. The van der Waals surface area contributed by atoms with E-state index >= 15 is 0 Å². The summed E-state index contributed by atoms with van der Waals surface area (Å²) in [6, 6.07) is 23.7. The van der Waals surface area contributed by atoms with Crippen molar-refractivity contribution in [2.75, 3.05) is 0 Å². The van der Waals surface area contributed by atoms with E-state index in [-0.39, 0.29) is 0 Å². The van der Waals surface area contributed by atoms with Crippen LogP contribution in [0.5, 0.6) is 0 Å². The van der Waals surface area contributed by atoms with Crippen LogP contribution >= 0.6 is 15.9 Å². The van der Waals surface area contributed by atoms with Crippen molar-refractivity contribution in [3.8, 4) is 11.5 Å². The number of aromatic nitrogens is 1. The molecular formula is C22H15BrN2O. The van der Waals surface area contributed by atoms with Crippen LogP contribution in [0.1, 0.15) is 5.56 Å². The van der Waals surface area contributed by atoms with E-state index in [9.17, 15) is 0 Å². The molecule has 4 aromatic rings. The Morgan fingerprint density at radius 3 is 2.54 bits per heavy atom. The predicted molar refractivity (Wildman–Crippen MR) is 111 cm³/mol. The highest BCUT2D eigenvalue weighted by Crippen LogP contribution is 2.26. The van der Waals surface area contributed by atoms with Crippen LogP contribution in [0.25, 0.3) is 28.6 Å². The molecule has 126 valence electrons. The highest BCUT2D eigenvalue weighted by Gasteiger charge is 2.07. The van der Waals surface area contributed by atoms with Crippen molar-refractivity contribution in [3.05, 3.63) is 88.9 Å². The van der Waals surface area contributed by atoms with Gasteiger partial charge < -0.3 is 4.42 Å². The lowest BCUT2D eigenvalue weighted by molar-refractivity contribution is 0.620. The van der Waals surface area contributed by atoms with Crippen molar-refractivity contribution in [1.29, 1.82) is 0 Å². The monoisotopic (exact) mass is 402 g/mol. The van der Waals surface area contributed by atoms with E-state index in [0.717, 1.165) is 32.4 Å². The summed E-state index contributed by atoms with van der Waals surface area (Å²) in [4.78, 5) is 9.03. The number of benzene rings is 3. The van der Waals surface area contributed by atoms with Crippen LogP contribution in [0, 0.1) is 0 Å². The highest BCUT2D eigenvalue weighted by molar-refractivity contribution is 9.10. The van der Waals surface area contributed by atoms with Gasteiger partial charge >= 0.3 is 0 Å². The largest absolute Gasteiger partial charge is 0.436 e. The maximum atomic E-state index is 5.82. The third-order valence-corrected chi connectivity index (χ3v) is 4.39. The molecule has 0 saturated carbocycles. The van der Waals surface area contributed by atoms with Gasteiger partial charge in [0.05, 0.1) is 5.69 Å². The first kappa shape index (κ1) is 16.5. The molecule has 0 fully saturated rings. The van der Waals surface area contributed by atoms with Gasteiger partial charge in [0, 0.05) is 16.3 Å². The van der Waals surface area contributed by atoms with Crippen molar-refractivity contribution in [2.24, 2.45) is 4.99 Å². The topological polar surface area (TPSA) is 38.4 Å². The lowest BCUT2D eigenvalue weighted by Gasteiger charge is -1.93. The zero-order chi connectivity index (χ0) is 17.8. The minimum absolute atomic E-state index is 0.622. The molecule has 0 amide bonds. The first-order valence-electron chi connectivity index (χ1n) is 8.20. The minimum Gasteiger partial charge on any atom is -0.436 e. The van der Waals surface area contributed by atoms with E-state index in [0.29, 0.717) is 5.89 Å². The highest BCUT2D eigenvalue weighted by atomic mass is 79.9. The zero-order valence-electron chi connectivity index (χ0n) is 13.8. The summed E-state index contributed by atoms with van der Waals surface area (Å²) >= 11 is 3.43. The number of halogens is 1. The fourth-order valence-electron chi connectivity index (χ4n) is 2.56. The van der Waals surface area contributed by atoms with Crippen LogP contribution < -0.4 is 0 Å². The van der Waals surface area contributed by atoms with E-state index in [1.165, 1.54) is 0 Å². The Labute approximate surface area is 159 Å². The summed E-state index contributed by atoms with van der Waals surface area (Å²) in [5.74, 6) is 0.622. The van der Waals surface area contributed by atoms with E-state index in [2.05, 4.69) is 25.9 Å². The summed E-state index contributed by atoms with van der Waals surface area (Å²) in [5, 5.41) is 0. The lowest BCUT2D eigenvalue weighted by Crippen LogP contribution is -1.75. The minimum atomic E-state index is 0.622. The summed E-state index contributed by atoms with van der Waals surface area (Å²) in [6.45, 7) is 0. The van der Waals surface area contributed by atoms with Gasteiger partial charge in [-0.3, -0.25) is 4.99 Å². The second-order valence-corrected chi connectivity index (χ2v) is 6.64. The standard InChI is InChI=1S/C22H15BrN2O/c23-18-10-8-16(9-11-18)5-4-14-24-19-12-13-21-20(15-19)25-22(26-21)17-6-2-1-3-7-17/h1-15H/b5-4+,24-14?. The molecule has 0 bridgehead atoms.